The van der Waals surface area contributed by atoms with Crippen molar-refractivity contribution in [1.82, 2.24) is 9.62 Å². The minimum Gasteiger partial charge on any atom is -0.325 e. The molecule has 3 rings (SSSR count). The van der Waals surface area contributed by atoms with Crippen LogP contribution in [0, 0.1) is 24.5 Å². The predicted molar refractivity (Wildman–Crippen MR) is 115 cm³/mol. The van der Waals surface area contributed by atoms with Crippen molar-refractivity contribution in [3.05, 3.63) is 59.7 Å². The van der Waals surface area contributed by atoms with Crippen molar-refractivity contribution in [2.24, 2.45) is 5.92 Å². The molecule has 168 valence electrons. The van der Waals surface area contributed by atoms with Gasteiger partial charge in [0.25, 0.3) is 0 Å². The standard InChI is InChI=1S/C22H27F2N3O3S/c1-15-5-8-19(9-6-15)31(29,30)25-13-17-4-3-11-27(14-17)16(2)22(28)26-18-7-10-20(23)21(24)12-18/h5-10,12,16-17,25H,3-4,11,13-14H2,1-2H3,(H,26,28). The molecule has 9 heteroatoms. The second-order valence-corrected chi connectivity index (χ2v) is 9.73. The van der Waals surface area contributed by atoms with E-state index in [4.69, 9.17) is 0 Å². The van der Waals surface area contributed by atoms with Gasteiger partial charge in [0, 0.05) is 24.8 Å². The molecule has 0 radical (unpaired) electrons. The molecule has 1 saturated heterocycles. The average molecular weight is 452 g/mol. The Labute approximate surface area is 181 Å². The van der Waals surface area contributed by atoms with Crippen LogP contribution in [-0.2, 0) is 14.8 Å². The van der Waals surface area contributed by atoms with Crippen molar-refractivity contribution in [2.45, 2.75) is 37.6 Å². The Bertz CT molecular complexity index is 1030. The van der Waals surface area contributed by atoms with Crippen molar-refractivity contribution in [3.8, 4) is 0 Å². The summed E-state index contributed by atoms with van der Waals surface area (Å²) >= 11 is 0. The summed E-state index contributed by atoms with van der Waals surface area (Å²) in [7, 11) is -3.59. The van der Waals surface area contributed by atoms with Crippen LogP contribution in [0.25, 0.3) is 0 Å². The number of sulfonamides is 1. The van der Waals surface area contributed by atoms with E-state index in [0.29, 0.717) is 13.1 Å². The van der Waals surface area contributed by atoms with Gasteiger partial charge < -0.3 is 5.32 Å². The molecule has 1 amide bonds. The summed E-state index contributed by atoms with van der Waals surface area (Å²) in [5, 5.41) is 2.61. The van der Waals surface area contributed by atoms with Gasteiger partial charge in [0.1, 0.15) is 0 Å². The lowest BCUT2D eigenvalue weighted by atomic mass is 9.97. The Morgan fingerprint density at radius 2 is 1.87 bits per heavy atom. The zero-order valence-electron chi connectivity index (χ0n) is 17.6. The Morgan fingerprint density at radius 1 is 1.16 bits per heavy atom. The molecule has 31 heavy (non-hydrogen) atoms. The molecule has 2 atom stereocenters. The van der Waals surface area contributed by atoms with Crippen LogP contribution in [0.5, 0.6) is 0 Å². The summed E-state index contributed by atoms with van der Waals surface area (Å²) in [5.74, 6) is -2.26. The maximum Gasteiger partial charge on any atom is 0.241 e. The Morgan fingerprint density at radius 3 is 2.55 bits per heavy atom. The molecule has 2 aromatic carbocycles. The number of amides is 1. The molecule has 0 bridgehead atoms. The van der Waals surface area contributed by atoms with E-state index in [9.17, 15) is 22.0 Å². The summed E-state index contributed by atoms with van der Waals surface area (Å²) in [6.07, 6.45) is 1.68. The SMILES string of the molecule is Cc1ccc(S(=O)(=O)NCC2CCCN(C(C)C(=O)Nc3ccc(F)c(F)c3)C2)cc1. The minimum absolute atomic E-state index is 0.0625. The van der Waals surface area contributed by atoms with E-state index in [0.717, 1.165) is 30.5 Å². The lowest BCUT2D eigenvalue weighted by Gasteiger charge is -2.36. The summed E-state index contributed by atoms with van der Waals surface area (Å²) in [6, 6.07) is 9.39. The first kappa shape index (κ1) is 23.3. The van der Waals surface area contributed by atoms with Crippen LogP contribution in [0.2, 0.25) is 0 Å². The van der Waals surface area contributed by atoms with E-state index in [1.807, 2.05) is 11.8 Å². The van der Waals surface area contributed by atoms with Gasteiger partial charge in [0.2, 0.25) is 15.9 Å². The summed E-state index contributed by atoms with van der Waals surface area (Å²) < 4.78 is 54.1. The van der Waals surface area contributed by atoms with Crippen molar-refractivity contribution in [2.75, 3.05) is 25.0 Å². The molecular weight excluding hydrogens is 424 g/mol. The number of hydrogen-bond donors (Lipinski definition) is 2. The van der Waals surface area contributed by atoms with Crippen molar-refractivity contribution < 1.29 is 22.0 Å². The molecule has 0 aliphatic carbocycles. The maximum absolute atomic E-state index is 13.4. The third-order valence-electron chi connectivity index (χ3n) is 5.56. The molecule has 2 unspecified atom stereocenters. The van der Waals surface area contributed by atoms with Crippen molar-refractivity contribution in [3.63, 3.8) is 0 Å². The van der Waals surface area contributed by atoms with E-state index in [-0.39, 0.29) is 29.0 Å². The van der Waals surface area contributed by atoms with Crippen molar-refractivity contribution >= 4 is 21.6 Å². The fraction of sp³-hybridized carbons (Fsp3) is 0.409. The average Bonchev–Trinajstić information content (AvgIpc) is 2.75. The van der Waals surface area contributed by atoms with Gasteiger partial charge in [-0.2, -0.15) is 0 Å². The van der Waals surface area contributed by atoms with E-state index < -0.39 is 27.7 Å². The Hall–Kier alpha value is -2.36. The number of carbonyl (C=O) groups is 1. The van der Waals surface area contributed by atoms with Crippen LogP contribution < -0.4 is 10.0 Å². The monoisotopic (exact) mass is 451 g/mol. The molecule has 0 spiro atoms. The quantitative estimate of drug-likeness (QED) is 0.677. The number of rotatable bonds is 7. The molecule has 1 heterocycles. The molecule has 1 fully saturated rings. The zero-order chi connectivity index (χ0) is 22.6. The van der Waals surface area contributed by atoms with Gasteiger partial charge in [-0.15, -0.1) is 0 Å². The number of anilines is 1. The third kappa shape index (κ3) is 6.09. The normalized spacial score (nSPS) is 18.5. The van der Waals surface area contributed by atoms with E-state index >= 15 is 0 Å². The van der Waals surface area contributed by atoms with Gasteiger partial charge in [0.15, 0.2) is 11.6 Å². The Balaban J connectivity index is 1.56. The van der Waals surface area contributed by atoms with Gasteiger partial charge in [-0.05, 0) is 63.4 Å². The van der Waals surface area contributed by atoms with E-state index in [2.05, 4.69) is 10.0 Å². The molecule has 6 nitrogen and oxygen atoms in total. The van der Waals surface area contributed by atoms with Crippen LogP contribution >= 0.6 is 0 Å². The van der Waals surface area contributed by atoms with Crippen LogP contribution in [0.3, 0.4) is 0 Å². The molecule has 2 N–H and O–H groups in total. The predicted octanol–water partition coefficient (Wildman–Crippen LogP) is 3.29. The zero-order valence-corrected chi connectivity index (χ0v) is 18.4. The van der Waals surface area contributed by atoms with E-state index in [1.165, 1.54) is 6.07 Å². The smallest absolute Gasteiger partial charge is 0.241 e. The summed E-state index contributed by atoms with van der Waals surface area (Å²) in [6.45, 7) is 5.18. The van der Waals surface area contributed by atoms with Crippen LogP contribution in [0.15, 0.2) is 47.4 Å². The van der Waals surface area contributed by atoms with Crippen molar-refractivity contribution in [1.29, 1.82) is 0 Å². The first-order valence-electron chi connectivity index (χ1n) is 10.2. The highest BCUT2D eigenvalue weighted by atomic mass is 32.2. The van der Waals surface area contributed by atoms with E-state index in [1.54, 1.807) is 31.2 Å². The van der Waals surface area contributed by atoms with Gasteiger partial charge in [-0.1, -0.05) is 17.7 Å². The number of halogens is 2. The number of likely N-dealkylation sites (tertiary alicyclic amines) is 1. The molecular formula is C22H27F2N3O3S. The highest BCUT2D eigenvalue weighted by Gasteiger charge is 2.28. The largest absolute Gasteiger partial charge is 0.325 e. The van der Waals surface area contributed by atoms with Gasteiger partial charge >= 0.3 is 0 Å². The summed E-state index contributed by atoms with van der Waals surface area (Å²) in [4.78, 5) is 14.8. The molecule has 0 saturated carbocycles. The second-order valence-electron chi connectivity index (χ2n) is 7.96. The highest BCUT2D eigenvalue weighted by Crippen LogP contribution is 2.20. The number of aryl methyl sites for hydroxylation is 1. The highest BCUT2D eigenvalue weighted by molar-refractivity contribution is 7.89. The Kier molecular flexibility index (Phi) is 7.40. The fourth-order valence-electron chi connectivity index (χ4n) is 3.63. The molecule has 0 aromatic heterocycles. The number of nitrogens with one attached hydrogen (secondary N) is 2. The third-order valence-corrected chi connectivity index (χ3v) is 7.00. The lowest BCUT2D eigenvalue weighted by molar-refractivity contribution is -0.121. The minimum atomic E-state index is -3.59. The van der Waals surface area contributed by atoms with Crippen LogP contribution in [0.1, 0.15) is 25.3 Å². The fourth-order valence-corrected chi connectivity index (χ4v) is 4.75. The molecule has 1 aliphatic rings. The first-order chi connectivity index (χ1) is 14.7. The van der Waals surface area contributed by atoms with Gasteiger partial charge in [-0.3, -0.25) is 9.69 Å². The maximum atomic E-state index is 13.4. The number of nitrogens with zero attached hydrogens (tertiary/aromatic N) is 1. The topological polar surface area (TPSA) is 78.5 Å². The molecule has 2 aromatic rings. The second kappa shape index (κ2) is 9.84. The summed E-state index contributed by atoms with van der Waals surface area (Å²) in [5.41, 5.74) is 1.17. The van der Waals surface area contributed by atoms with Crippen LogP contribution in [0.4, 0.5) is 14.5 Å². The number of carbonyl (C=O) groups excluding carboxylic acids is 1. The number of hydrogen-bond acceptors (Lipinski definition) is 4. The molecule has 1 aliphatic heterocycles. The first-order valence-corrected chi connectivity index (χ1v) is 11.7. The number of piperidine rings is 1. The lowest BCUT2D eigenvalue weighted by Crippen LogP contribution is -2.48. The number of benzene rings is 2. The van der Waals surface area contributed by atoms with Gasteiger partial charge in [-0.25, -0.2) is 21.9 Å². The van der Waals surface area contributed by atoms with Crippen LogP contribution in [-0.4, -0.2) is 44.9 Å². The van der Waals surface area contributed by atoms with Gasteiger partial charge in [0.05, 0.1) is 10.9 Å².